The van der Waals surface area contributed by atoms with Crippen LogP contribution in [0.3, 0.4) is 0 Å². The predicted octanol–water partition coefficient (Wildman–Crippen LogP) is 4.05. The van der Waals surface area contributed by atoms with Crippen LogP contribution in [0, 0.1) is 22.7 Å². The van der Waals surface area contributed by atoms with E-state index in [-0.39, 0.29) is 11.3 Å². The molecule has 3 rings (SSSR count). The van der Waals surface area contributed by atoms with Gasteiger partial charge in [-0.2, -0.15) is 0 Å². The number of aliphatic hydroxyl groups is 1. The number of fused-ring (bicyclic) bond motifs is 1. The number of carboxylic acid groups (broad SMARTS) is 1. The lowest BCUT2D eigenvalue weighted by Crippen LogP contribution is -2.57. The van der Waals surface area contributed by atoms with Gasteiger partial charge in [-0.25, -0.2) is 4.79 Å². The van der Waals surface area contributed by atoms with E-state index in [4.69, 9.17) is 4.42 Å². The summed E-state index contributed by atoms with van der Waals surface area (Å²) in [7, 11) is 0. The van der Waals surface area contributed by atoms with Crippen molar-refractivity contribution < 1.29 is 19.4 Å². The standard InChI is InChI=1S/C20H28O4/c1-13-11-17(21)20(3)15(18(22)23)5-4-6-16(20)19(13,2)9-7-14-8-10-24-12-14/h5,8,10,12-13,16-17,21H,4,6-7,9,11H2,1-3H3,(H,22,23)/t13-,16+,17-,19-,20+/m0/s1. The molecule has 4 heteroatoms. The van der Waals surface area contributed by atoms with Crippen LogP contribution in [0.25, 0.3) is 0 Å². The first-order valence-corrected chi connectivity index (χ1v) is 8.93. The van der Waals surface area contributed by atoms with E-state index in [1.165, 1.54) is 5.56 Å². The lowest BCUT2D eigenvalue weighted by molar-refractivity contribution is -0.148. The van der Waals surface area contributed by atoms with Gasteiger partial charge in [0.05, 0.1) is 18.6 Å². The van der Waals surface area contributed by atoms with Gasteiger partial charge in [0, 0.05) is 11.0 Å². The number of aliphatic carboxylic acids is 1. The van der Waals surface area contributed by atoms with Gasteiger partial charge in [0.15, 0.2) is 0 Å². The highest BCUT2D eigenvalue weighted by atomic mass is 16.4. The third-order valence-electron chi connectivity index (χ3n) is 7.06. The molecule has 1 aromatic rings. The quantitative estimate of drug-likeness (QED) is 0.873. The van der Waals surface area contributed by atoms with E-state index in [2.05, 4.69) is 13.8 Å². The van der Waals surface area contributed by atoms with Crippen molar-refractivity contribution in [3.8, 4) is 0 Å². The summed E-state index contributed by atoms with van der Waals surface area (Å²) in [5, 5.41) is 20.5. The maximum atomic E-state index is 11.8. The van der Waals surface area contributed by atoms with Gasteiger partial charge < -0.3 is 14.6 Å². The summed E-state index contributed by atoms with van der Waals surface area (Å²) in [6.45, 7) is 6.46. The largest absolute Gasteiger partial charge is 0.478 e. The molecule has 2 aliphatic rings. The van der Waals surface area contributed by atoms with Gasteiger partial charge in [-0.1, -0.05) is 26.8 Å². The zero-order valence-electron chi connectivity index (χ0n) is 14.8. The highest BCUT2D eigenvalue weighted by molar-refractivity contribution is 5.88. The molecule has 1 aromatic heterocycles. The number of aryl methyl sites for hydroxylation is 1. The molecule has 2 N–H and O–H groups in total. The van der Waals surface area contributed by atoms with Crippen molar-refractivity contribution in [3.05, 3.63) is 35.8 Å². The molecule has 1 heterocycles. The predicted molar refractivity (Wildman–Crippen MR) is 91.5 cm³/mol. The first-order valence-electron chi connectivity index (χ1n) is 8.93. The van der Waals surface area contributed by atoms with Gasteiger partial charge in [0.2, 0.25) is 0 Å². The first-order chi connectivity index (χ1) is 11.3. The topological polar surface area (TPSA) is 70.7 Å². The average molecular weight is 332 g/mol. The van der Waals surface area contributed by atoms with Gasteiger partial charge >= 0.3 is 5.97 Å². The van der Waals surface area contributed by atoms with Crippen LogP contribution in [-0.2, 0) is 11.2 Å². The summed E-state index contributed by atoms with van der Waals surface area (Å²) >= 11 is 0. The summed E-state index contributed by atoms with van der Waals surface area (Å²) in [5.74, 6) is -0.356. The Kier molecular flexibility index (Phi) is 4.37. The minimum atomic E-state index is -0.881. The Balaban J connectivity index is 1.94. The van der Waals surface area contributed by atoms with E-state index in [9.17, 15) is 15.0 Å². The molecular weight excluding hydrogens is 304 g/mol. The lowest BCUT2D eigenvalue weighted by Gasteiger charge is -2.59. The van der Waals surface area contributed by atoms with Crippen molar-refractivity contribution in [1.82, 2.24) is 0 Å². The van der Waals surface area contributed by atoms with E-state index >= 15 is 0 Å². The van der Waals surface area contributed by atoms with Crippen molar-refractivity contribution in [2.45, 2.75) is 59.0 Å². The zero-order valence-corrected chi connectivity index (χ0v) is 14.8. The summed E-state index contributed by atoms with van der Waals surface area (Å²) < 4.78 is 5.18. The summed E-state index contributed by atoms with van der Waals surface area (Å²) in [6, 6.07) is 1.99. The SMILES string of the molecule is C[C@H]1C[C@H](O)[C@]2(C)C(C(=O)O)=CCC[C@@H]2[C@@]1(C)CCc1ccoc1. The molecular formula is C20H28O4. The smallest absolute Gasteiger partial charge is 0.331 e. The van der Waals surface area contributed by atoms with Crippen LogP contribution in [0.2, 0.25) is 0 Å². The van der Waals surface area contributed by atoms with Crippen molar-refractivity contribution in [1.29, 1.82) is 0 Å². The average Bonchev–Trinajstić information content (AvgIpc) is 3.04. The minimum absolute atomic E-state index is 0.000208. The first kappa shape index (κ1) is 17.3. The minimum Gasteiger partial charge on any atom is -0.478 e. The summed E-state index contributed by atoms with van der Waals surface area (Å²) in [6.07, 6.45) is 8.99. The molecule has 24 heavy (non-hydrogen) atoms. The highest BCUT2D eigenvalue weighted by Crippen LogP contribution is 2.61. The third-order valence-corrected chi connectivity index (χ3v) is 7.06. The van der Waals surface area contributed by atoms with Gasteiger partial charge in [-0.3, -0.25) is 0 Å². The lowest BCUT2D eigenvalue weighted by atomic mass is 9.45. The Hall–Kier alpha value is -1.55. The molecule has 0 bridgehead atoms. The van der Waals surface area contributed by atoms with E-state index in [0.29, 0.717) is 17.9 Å². The van der Waals surface area contributed by atoms with Crippen LogP contribution in [0.1, 0.15) is 52.0 Å². The van der Waals surface area contributed by atoms with E-state index in [1.807, 2.05) is 19.1 Å². The monoisotopic (exact) mass is 332 g/mol. The van der Waals surface area contributed by atoms with Crippen molar-refractivity contribution in [2.24, 2.45) is 22.7 Å². The second kappa shape index (κ2) is 6.07. The molecule has 0 saturated heterocycles. The Morgan fingerprint density at radius 3 is 2.79 bits per heavy atom. The summed E-state index contributed by atoms with van der Waals surface area (Å²) in [5.41, 5.74) is 0.927. The molecule has 0 radical (unpaired) electrons. The normalized spacial score (nSPS) is 39.2. The van der Waals surface area contributed by atoms with Crippen LogP contribution in [-0.4, -0.2) is 22.3 Å². The molecule has 132 valence electrons. The number of furan rings is 1. The maximum absolute atomic E-state index is 11.8. The number of hydrogen-bond acceptors (Lipinski definition) is 3. The van der Waals surface area contributed by atoms with Gasteiger partial charge in [0.25, 0.3) is 0 Å². The Labute approximate surface area is 143 Å². The second-order valence-corrected chi connectivity index (χ2v) is 8.13. The van der Waals surface area contributed by atoms with Gasteiger partial charge in [-0.05, 0) is 61.0 Å². The molecule has 0 unspecified atom stereocenters. The number of carbonyl (C=O) groups is 1. The van der Waals surface area contributed by atoms with Crippen LogP contribution >= 0.6 is 0 Å². The van der Waals surface area contributed by atoms with E-state index in [1.54, 1.807) is 12.5 Å². The van der Waals surface area contributed by atoms with Crippen LogP contribution in [0.4, 0.5) is 0 Å². The number of rotatable bonds is 4. The fraction of sp³-hybridized carbons (Fsp3) is 0.650. The van der Waals surface area contributed by atoms with Gasteiger partial charge in [-0.15, -0.1) is 0 Å². The molecule has 0 aromatic carbocycles. The van der Waals surface area contributed by atoms with E-state index < -0.39 is 17.5 Å². The fourth-order valence-electron chi connectivity index (χ4n) is 5.31. The highest BCUT2D eigenvalue weighted by Gasteiger charge is 2.59. The maximum Gasteiger partial charge on any atom is 0.331 e. The second-order valence-electron chi connectivity index (χ2n) is 8.13. The molecule has 0 amide bonds. The van der Waals surface area contributed by atoms with Crippen molar-refractivity contribution in [2.75, 3.05) is 0 Å². The molecule has 1 saturated carbocycles. The van der Waals surface area contributed by atoms with Gasteiger partial charge in [0.1, 0.15) is 0 Å². The van der Waals surface area contributed by atoms with Crippen molar-refractivity contribution in [3.63, 3.8) is 0 Å². The third kappa shape index (κ3) is 2.52. The molecule has 0 spiro atoms. The number of allylic oxidation sites excluding steroid dienone is 1. The molecule has 1 fully saturated rings. The summed E-state index contributed by atoms with van der Waals surface area (Å²) in [4.78, 5) is 11.8. The molecule has 2 aliphatic carbocycles. The Morgan fingerprint density at radius 2 is 2.17 bits per heavy atom. The van der Waals surface area contributed by atoms with Crippen molar-refractivity contribution >= 4 is 5.97 Å². The Bertz CT molecular complexity index is 632. The molecule has 5 atom stereocenters. The van der Waals surface area contributed by atoms with E-state index in [0.717, 1.165) is 25.7 Å². The number of aliphatic hydroxyl groups excluding tert-OH is 1. The van der Waals surface area contributed by atoms with Crippen LogP contribution in [0.15, 0.2) is 34.7 Å². The Morgan fingerprint density at radius 1 is 1.42 bits per heavy atom. The number of hydrogen-bond donors (Lipinski definition) is 2. The van der Waals surface area contributed by atoms with Crippen LogP contribution in [0.5, 0.6) is 0 Å². The van der Waals surface area contributed by atoms with Crippen LogP contribution < -0.4 is 0 Å². The zero-order chi connectivity index (χ0) is 17.5. The number of carboxylic acids is 1. The fourth-order valence-corrected chi connectivity index (χ4v) is 5.31. The molecule has 0 aliphatic heterocycles. The molecule has 4 nitrogen and oxygen atoms in total.